The number of nitrogens with zero attached hydrogens (tertiary/aromatic N) is 3. The van der Waals surface area contributed by atoms with Crippen LogP contribution in [-0.4, -0.2) is 50.1 Å². The first-order valence-electron chi connectivity index (χ1n) is 5.37. The highest BCUT2D eigenvalue weighted by molar-refractivity contribution is 4.88. The highest BCUT2D eigenvalue weighted by atomic mass is 15.1. The Kier molecular flexibility index (Phi) is 4.37. The molecule has 0 N–H and O–H groups in total. The van der Waals surface area contributed by atoms with Crippen LogP contribution in [0.2, 0.25) is 0 Å². The number of rotatable bonds is 3. The first-order chi connectivity index (χ1) is 6.65. The van der Waals surface area contributed by atoms with Crippen LogP contribution in [0.4, 0.5) is 0 Å². The second-order valence-corrected chi connectivity index (χ2v) is 4.53. The Bertz CT molecular complexity index is 199. The van der Waals surface area contributed by atoms with Crippen molar-refractivity contribution in [3.63, 3.8) is 0 Å². The van der Waals surface area contributed by atoms with Crippen molar-refractivity contribution in [3.8, 4) is 6.07 Å². The minimum Gasteiger partial charge on any atom is -0.306 e. The predicted molar refractivity (Wildman–Crippen MR) is 57.9 cm³/mol. The Morgan fingerprint density at radius 1 is 1.43 bits per heavy atom. The third-order valence-electron chi connectivity index (χ3n) is 3.27. The summed E-state index contributed by atoms with van der Waals surface area (Å²) in [7, 11) is 6.34. The predicted octanol–water partition coefficient (Wildman–Crippen LogP) is 1.17. The summed E-state index contributed by atoms with van der Waals surface area (Å²) in [6, 6.07) is 2.75. The van der Waals surface area contributed by atoms with Gasteiger partial charge in [-0.1, -0.05) is 0 Å². The Morgan fingerprint density at radius 3 is 2.43 bits per heavy atom. The molecule has 1 fully saturated rings. The van der Waals surface area contributed by atoms with Gasteiger partial charge in [-0.3, -0.25) is 0 Å². The third-order valence-corrected chi connectivity index (χ3v) is 3.27. The van der Waals surface area contributed by atoms with Crippen molar-refractivity contribution < 1.29 is 0 Å². The molecule has 1 heterocycles. The zero-order chi connectivity index (χ0) is 10.6. The molecule has 14 heavy (non-hydrogen) atoms. The molecule has 1 rings (SSSR count). The molecule has 1 unspecified atom stereocenters. The number of hydrogen-bond acceptors (Lipinski definition) is 3. The summed E-state index contributed by atoms with van der Waals surface area (Å²) in [6.45, 7) is 2.36. The fraction of sp³-hybridized carbons (Fsp3) is 0.909. The summed E-state index contributed by atoms with van der Waals surface area (Å²) in [5, 5.41) is 8.78. The van der Waals surface area contributed by atoms with Gasteiger partial charge in [-0.25, -0.2) is 0 Å². The lowest BCUT2D eigenvalue weighted by atomic mass is 9.87. The van der Waals surface area contributed by atoms with E-state index in [9.17, 15) is 0 Å². The van der Waals surface area contributed by atoms with Gasteiger partial charge in [-0.15, -0.1) is 0 Å². The highest BCUT2D eigenvalue weighted by Crippen LogP contribution is 2.24. The molecule has 1 saturated heterocycles. The zero-order valence-electron chi connectivity index (χ0n) is 9.53. The standard InChI is InChI=1S/C11H21N3/c1-13(2)11(4-7-12)10-5-8-14(3)9-6-10/h10-11H,4-6,8-9H2,1-3H3. The maximum absolute atomic E-state index is 8.78. The molecular weight excluding hydrogens is 174 g/mol. The molecule has 0 amide bonds. The topological polar surface area (TPSA) is 30.3 Å². The largest absolute Gasteiger partial charge is 0.306 e. The van der Waals surface area contributed by atoms with Crippen molar-refractivity contribution in [1.82, 2.24) is 9.80 Å². The molecule has 3 nitrogen and oxygen atoms in total. The highest BCUT2D eigenvalue weighted by Gasteiger charge is 2.26. The van der Waals surface area contributed by atoms with E-state index < -0.39 is 0 Å². The van der Waals surface area contributed by atoms with Crippen LogP contribution in [0.3, 0.4) is 0 Å². The Hall–Kier alpha value is -0.590. The van der Waals surface area contributed by atoms with Gasteiger partial charge < -0.3 is 9.80 Å². The van der Waals surface area contributed by atoms with E-state index in [0.29, 0.717) is 18.4 Å². The molecule has 0 aromatic rings. The van der Waals surface area contributed by atoms with Crippen LogP contribution in [0.1, 0.15) is 19.3 Å². The maximum atomic E-state index is 8.78. The normalized spacial score (nSPS) is 22.2. The van der Waals surface area contributed by atoms with E-state index in [2.05, 4.69) is 37.0 Å². The van der Waals surface area contributed by atoms with E-state index in [1.807, 2.05) is 0 Å². The maximum Gasteiger partial charge on any atom is 0.0638 e. The summed E-state index contributed by atoms with van der Waals surface area (Å²) < 4.78 is 0. The molecule has 0 aliphatic carbocycles. The smallest absolute Gasteiger partial charge is 0.0638 e. The average molecular weight is 195 g/mol. The van der Waals surface area contributed by atoms with Gasteiger partial charge in [0.1, 0.15) is 0 Å². The van der Waals surface area contributed by atoms with Crippen LogP contribution < -0.4 is 0 Å². The fourth-order valence-corrected chi connectivity index (χ4v) is 2.28. The van der Waals surface area contributed by atoms with Gasteiger partial charge in [-0.2, -0.15) is 5.26 Å². The van der Waals surface area contributed by atoms with Crippen molar-refractivity contribution in [2.75, 3.05) is 34.2 Å². The molecule has 3 heteroatoms. The van der Waals surface area contributed by atoms with E-state index in [4.69, 9.17) is 5.26 Å². The van der Waals surface area contributed by atoms with Crippen molar-refractivity contribution in [1.29, 1.82) is 5.26 Å². The van der Waals surface area contributed by atoms with Crippen molar-refractivity contribution >= 4 is 0 Å². The van der Waals surface area contributed by atoms with Crippen molar-refractivity contribution in [2.45, 2.75) is 25.3 Å². The van der Waals surface area contributed by atoms with E-state index in [-0.39, 0.29) is 0 Å². The lowest BCUT2D eigenvalue weighted by molar-refractivity contribution is 0.133. The fourth-order valence-electron chi connectivity index (χ4n) is 2.28. The molecule has 1 aliphatic rings. The van der Waals surface area contributed by atoms with Gasteiger partial charge in [0, 0.05) is 6.04 Å². The molecule has 0 radical (unpaired) electrons. The minimum absolute atomic E-state index is 0.452. The average Bonchev–Trinajstić information content (AvgIpc) is 2.15. The van der Waals surface area contributed by atoms with E-state index in [1.165, 1.54) is 25.9 Å². The third kappa shape index (κ3) is 2.97. The second-order valence-electron chi connectivity index (χ2n) is 4.53. The Labute approximate surface area is 87.3 Å². The molecule has 0 aromatic heterocycles. The molecule has 0 saturated carbocycles. The molecular formula is C11H21N3. The summed E-state index contributed by atoms with van der Waals surface area (Å²) in [6.07, 6.45) is 3.14. The summed E-state index contributed by atoms with van der Waals surface area (Å²) >= 11 is 0. The van der Waals surface area contributed by atoms with Crippen LogP contribution in [-0.2, 0) is 0 Å². The van der Waals surface area contributed by atoms with E-state index >= 15 is 0 Å². The monoisotopic (exact) mass is 195 g/mol. The van der Waals surface area contributed by atoms with E-state index in [1.54, 1.807) is 0 Å². The Balaban J connectivity index is 2.48. The first kappa shape index (κ1) is 11.5. The molecule has 0 bridgehead atoms. The van der Waals surface area contributed by atoms with Gasteiger partial charge in [0.25, 0.3) is 0 Å². The van der Waals surface area contributed by atoms with Gasteiger partial charge in [0.15, 0.2) is 0 Å². The zero-order valence-corrected chi connectivity index (χ0v) is 9.53. The number of likely N-dealkylation sites (tertiary alicyclic amines) is 1. The van der Waals surface area contributed by atoms with Crippen LogP contribution in [0, 0.1) is 17.2 Å². The van der Waals surface area contributed by atoms with Crippen molar-refractivity contribution in [3.05, 3.63) is 0 Å². The Morgan fingerprint density at radius 2 is 2.00 bits per heavy atom. The molecule has 1 atom stereocenters. The first-order valence-corrected chi connectivity index (χ1v) is 5.37. The van der Waals surface area contributed by atoms with Gasteiger partial charge in [0.2, 0.25) is 0 Å². The number of nitriles is 1. The molecule has 1 aliphatic heterocycles. The molecule has 0 aromatic carbocycles. The summed E-state index contributed by atoms with van der Waals surface area (Å²) in [4.78, 5) is 4.58. The molecule has 0 spiro atoms. The quantitative estimate of drug-likeness (QED) is 0.677. The molecule has 80 valence electrons. The number of hydrogen-bond donors (Lipinski definition) is 0. The summed E-state index contributed by atoms with van der Waals surface area (Å²) in [5.41, 5.74) is 0. The number of piperidine rings is 1. The van der Waals surface area contributed by atoms with E-state index in [0.717, 1.165) is 0 Å². The van der Waals surface area contributed by atoms with Gasteiger partial charge >= 0.3 is 0 Å². The SMILES string of the molecule is CN1CCC(C(CC#N)N(C)C)CC1. The van der Waals surface area contributed by atoms with Crippen LogP contribution in [0.5, 0.6) is 0 Å². The lowest BCUT2D eigenvalue weighted by Gasteiger charge is -2.36. The van der Waals surface area contributed by atoms with Crippen molar-refractivity contribution in [2.24, 2.45) is 5.92 Å². The van der Waals surface area contributed by atoms with Crippen LogP contribution >= 0.6 is 0 Å². The summed E-state index contributed by atoms with van der Waals surface area (Å²) in [5.74, 6) is 0.709. The van der Waals surface area contributed by atoms with Crippen LogP contribution in [0.25, 0.3) is 0 Å². The minimum atomic E-state index is 0.452. The lowest BCUT2D eigenvalue weighted by Crippen LogP contribution is -2.41. The van der Waals surface area contributed by atoms with Gasteiger partial charge in [0.05, 0.1) is 12.5 Å². The van der Waals surface area contributed by atoms with Crippen LogP contribution in [0.15, 0.2) is 0 Å². The van der Waals surface area contributed by atoms with Gasteiger partial charge in [-0.05, 0) is 53.0 Å². The second kappa shape index (κ2) is 5.33.